The maximum absolute atomic E-state index is 11.7. The van der Waals surface area contributed by atoms with E-state index in [4.69, 9.17) is 0 Å². The van der Waals surface area contributed by atoms with E-state index in [1.54, 1.807) is 0 Å². The fourth-order valence-electron chi connectivity index (χ4n) is 1.31. The summed E-state index contributed by atoms with van der Waals surface area (Å²) in [5.41, 5.74) is -0.190. The van der Waals surface area contributed by atoms with Crippen LogP contribution in [0.1, 0.15) is 20.8 Å². The third-order valence-corrected chi connectivity index (χ3v) is 2.41. The van der Waals surface area contributed by atoms with E-state index in [2.05, 4.69) is 10.2 Å². The molecule has 0 atom stereocenters. The smallest absolute Gasteiger partial charge is 0.152 e. The highest BCUT2D eigenvalue weighted by molar-refractivity contribution is 5.85. The Morgan fingerprint density at radius 2 is 1.85 bits per heavy atom. The van der Waals surface area contributed by atoms with Crippen molar-refractivity contribution in [3.05, 3.63) is 0 Å². The largest absolute Gasteiger partial charge is 0.314 e. The lowest BCUT2D eigenvalue weighted by Gasteiger charge is -2.29. The number of carbonyl (C=O) groups excluding carboxylic acids is 1. The van der Waals surface area contributed by atoms with Crippen molar-refractivity contribution in [3.63, 3.8) is 0 Å². The number of hydrogen-bond donors (Lipinski definition) is 1. The second-order valence-electron chi connectivity index (χ2n) is 4.70. The summed E-state index contributed by atoms with van der Waals surface area (Å²) in [7, 11) is 0. The molecule has 1 aliphatic rings. The van der Waals surface area contributed by atoms with Gasteiger partial charge in [-0.15, -0.1) is 0 Å². The second-order valence-corrected chi connectivity index (χ2v) is 4.70. The van der Waals surface area contributed by atoms with Crippen LogP contribution >= 0.6 is 0 Å². The number of hydrogen-bond acceptors (Lipinski definition) is 3. The molecule has 1 rings (SSSR count). The summed E-state index contributed by atoms with van der Waals surface area (Å²) in [6.07, 6.45) is 0. The van der Waals surface area contributed by atoms with E-state index in [9.17, 15) is 4.79 Å². The molecule has 1 N–H and O–H groups in total. The van der Waals surface area contributed by atoms with E-state index in [0.29, 0.717) is 12.3 Å². The quantitative estimate of drug-likeness (QED) is 0.678. The predicted molar refractivity (Wildman–Crippen MR) is 53.8 cm³/mol. The van der Waals surface area contributed by atoms with E-state index < -0.39 is 0 Å². The lowest BCUT2D eigenvalue weighted by Crippen LogP contribution is -2.47. The molecule has 13 heavy (non-hydrogen) atoms. The molecule has 0 aromatic rings. The summed E-state index contributed by atoms with van der Waals surface area (Å²) in [6.45, 7) is 10.6. The summed E-state index contributed by atoms with van der Waals surface area (Å²) in [5.74, 6) is 0.342. The van der Waals surface area contributed by atoms with Gasteiger partial charge in [-0.3, -0.25) is 9.69 Å². The summed E-state index contributed by atoms with van der Waals surface area (Å²) in [6, 6.07) is 0. The lowest BCUT2D eigenvalue weighted by atomic mass is 9.90. The van der Waals surface area contributed by atoms with Gasteiger partial charge in [-0.05, 0) is 0 Å². The topological polar surface area (TPSA) is 32.3 Å². The van der Waals surface area contributed by atoms with E-state index in [1.807, 2.05) is 20.8 Å². The molecule has 0 unspecified atom stereocenters. The predicted octanol–water partition coefficient (Wildman–Crippen LogP) is 0.507. The zero-order chi connectivity index (χ0) is 9.90. The Morgan fingerprint density at radius 1 is 1.31 bits per heavy atom. The zero-order valence-corrected chi connectivity index (χ0v) is 8.89. The number of rotatable bonds is 2. The number of ketones is 1. The Balaban J connectivity index is 2.35. The Kier molecular flexibility index (Phi) is 3.45. The average Bonchev–Trinajstić information content (AvgIpc) is 2.04. The number of nitrogens with one attached hydrogen (secondary N) is 1. The van der Waals surface area contributed by atoms with Crippen LogP contribution in [0.25, 0.3) is 0 Å². The van der Waals surface area contributed by atoms with Crippen molar-refractivity contribution >= 4 is 5.78 Å². The van der Waals surface area contributed by atoms with Crippen LogP contribution in [0.3, 0.4) is 0 Å². The van der Waals surface area contributed by atoms with Gasteiger partial charge in [-0.2, -0.15) is 0 Å². The number of Topliss-reactive ketones (excluding diaryl/α,β-unsaturated/α-hetero) is 1. The third kappa shape index (κ3) is 3.44. The highest BCUT2D eigenvalue weighted by atomic mass is 16.1. The van der Waals surface area contributed by atoms with Crippen LogP contribution in [0, 0.1) is 5.41 Å². The normalized spacial score (nSPS) is 20.2. The van der Waals surface area contributed by atoms with E-state index in [1.165, 1.54) is 0 Å². The van der Waals surface area contributed by atoms with Gasteiger partial charge in [0.2, 0.25) is 0 Å². The molecule has 1 saturated heterocycles. The molecule has 3 heteroatoms. The lowest BCUT2D eigenvalue weighted by molar-refractivity contribution is -0.127. The van der Waals surface area contributed by atoms with Gasteiger partial charge in [-0.1, -0.05) is 20.8 Å². The molecular weight excluding hydrogens is 164 g/mol. The van der Waals surface area contributed by atoms with Crippen LogP contribution in [-0.4, -0.2) is 43.4 Å². The van der Waals surface area contributed by atoms with Gasteiger partial charge in [-0.25, -0.2) is 0 Å². The van der Waals surface area contributed by atoms with Crippen molar-refractivity contribution in [2.45, 2.75) is 20.8 Å². The highest BCUT2D eigenvalue weighted by Gasteiger charge is 2.23. The molecule has 3 nitrogen and oxygen atoms in total. The Bertz CT molecular complexity index is 178. The van der Waals surface area contributed by atoms with Gasteiger partial charge in [0.1, 0.15) is 0 Å². The molecule has 0 aromatic heterocycles. The highest BCUT2D eigenvalue weighted by Crippen LogP contribution is 2.15. The molecule has 1 fully saturated rings. The summed E-state index contributed by atoms with van der Waals surface area (Å²) in [4.78, 5) is 13.9. The van der Waals surface area contributed by atoms with Crippen molar-refractivity contribution in [1.29, 1.82) is 0 Å². The first-order valence-electron chi connectivity index (χ1n) is 4.96. The minimum atomic E-state index is -0.190. The third-order valence-electron chi connectivity index (χ3n) is 2.41. The van der Waals surface area contributed by atoms with E-state index in [-0.39, 0.29) is 5.41 Å². The van der Waals surface area contributed by atoms with Gasteiger partial charge < -0.3 is 5.32 Å². The minimum absolute atomic E-state index is 0.190. The summed E-state index contributed by atoms with van der Waals surface area (Å²) >= 11 is 0. The van der Waals surface area contributed by atoms with Crippen LogP contribution in [0.4, 0.5) is 0 Å². The van der Waals surface area contributed by atoms with Gasteiger partial charge >= 0.3 is 0 Å². The van der Waals surface area contributed by atoms with Gasteiger partial charge in [0, 0.05) is 31.6 Å². The molecule has 0 aliphatic carbocycles. The molecule has 1 aliphatic heterocycles. The van der Waals surface area contributed by atoms with Crippen molar-refractivity contribution in [3.8, 4) is 0 Å². The average molecular weight is 184 g/mol. The Morgan fingerprint density at radius 3 is 2.31 bits per heavy atom. The first-order valence-corrected chi connectivity index (χ1v) is 4.96. The molecule has 0 spiro atoms. The zero-order valence-electron chi connectivity index (χ0n) is 8.89. The second kappa shape index (κ2) is 4.20. The maximum Gasteiger partial charge on any atom is 0.152 e. The van der Waals surface area contributed by atoms with Gasteiger partial charge in [0.15, 0.2) is 5.78 Å². The van der Waals surface area contributed by atoms with E-state index >= 15 is 0 Å². The van der Waals surface area contributed by atoms with Crippen molar-refractivity contribution in [2.24, 2.45) is 5.41 Å². The fraction of sp³-hybridized carbons (Fsp3) is 0.900. The maximum atomic E-state index is 11.7. The number of nitrogens with zero attached hydrogens (tertiary/aromatic N) is 1. The van der Waals surface area contributed by atoms with Crippen molar-refractivity contribution in [1.82, 2.24) is 10.2 Å². The Labute approximate surface area is 80.5 Å². The molecule has 0 amide bonds. The molecule has 0 bridgehead atoms. The Hall–Kier alpha value is -0.410. The van der Waals surface area contributed by atoms with Crippen LogP contribution in [0.15, 0.2) is 0 Å². The van der Waals surface area contributed by atoms with Gasteiger partial charge in [0.05, 0.1) is 6.54 Å². The standard InChI is InChI=1S/C10H20N2O/c1-10(2,3)9(13)8-12-6-4-11-5-7-12/h11H,4-8H2,1-3H3. The fourth-order valence-corrected chi connectivity index (χ4v) is 1.31. The molecule has 76 valence electrons. The first-order chi connectivity index (χ1) is 6.00. The summed E-state index contributed by atoms with van der Waals surface area (Å²) < 4.78 is 0. The van der Waals surface area contributed by atoms with Crippen molar-refractivity contribution < 1.29 is 4.79 Å². The molecule has 0 aromatic carbocycles. The summed E-state index contributed by atoms with van der Waals surface area (Å²) in [5, 5.41) is 3.27. The van der Waals surface area contributed by atoms with Crippen LogP contribution < -0.4 is 5.32 Å². The monoisotopic (exact) mass is 184 g/mol. The molecular formula is C10H20N2O. The minimum Gasteiger partial charge on any atom is -0.314 e. The SMILES string of the molecule is CC(C)(C)C(=O)CN1CCNCC1. The van der Waals surface area contributed by atoms with E-state index in [0.717, 1.165) is 26.2 Å². The van der Waals surface area contributed by atoms with Gasteiger partial charge in [0.25, 0.3) is 0 Å². The van der Waals surface area contributed by atoms with Crippen LogP contribution in [0.5, 0.6) is 0 Å². The van der Waals surface area contributed by atoms with Crippen LogP contribution in [0.2, 0.25) is 0 Å². The molecule has 1 heterocycles. The molecule has 0 radical (unpaired) electrons. The van der Waals surface area contributed by atoms with Crippen LogP contribution in [-0.2, 0) is 4.79 Å². The molecule has 0 saturated carbocycles. The number of carbonyl (C=O) groups is 1. The number of piperazine rings is 1. The first kappa shape index (κ1) is 10.7. The van der Waals surface area contributed by atoms with Crippen molar-refractivity contribution in [2.75, 3.05) is 32.7 Å².